The van der Waals surface area contributed by atoms with E-state index in [0.717, 1.165) is 22.2 Å². The predicted octanol–water partition coefficient (Wildman–Crippen LogP) is 3.92. The Morgan fingerprint density at radius 2 is 1.96 bits per heavy atom. The number of para-hydroxylation sites is 1. The number of benzene rings is 2. The first-order valence-electron chi connectivity index (χ1n) is 7.83. The van der Waals surface area contributed by atoms with E-state index < -0.39 is 0 Å². The van der Waals surface area contributed by atoms with E-state index in [1.54, 1.807) is 18.2 Å². The fourth-order valence-electron chi connectivity index (χ4n) is 2.55. The zero-order chi connectivity index (χ0) is 17.9. The Labute approximate surface area is 153 Å². The Morgan fingerprint density at radius 1 is 1.15 bits per heavy atom. The molecule has 0 fully saturated rings. The summed E-state index contributed by atoms with van der Waals surface area (Å²) in [4.78, 5) is 19.8. The molecule has 0 aliphatic carbocycles. The number of hydrogen-bond donors (Lipinski definition) is 3. The lowest BCUT2D eigenvalue weighted by Gasteiger charge is -2.03. The normalized spacial score (nSPS) is 10.4. The second kappa shape index (κ2) is 6.70. The van der Waals surface area contributed by atoms with Crippen LogP contribution in [0, 0.1) is 11.3 Å². The zero-order valence-electron chi connectivity index (χ0n) is 13.5. The maximum atomic E-state index is 12.3. The highest BCUT2D eigenvalue weighted by Crippen LogP contribution is 2.24. The van der Waals surface area contributed by atoms with E-state index in [2.05, 4.69) is 26.9 Å². The van der Waals surface area contributed by atoms with Crippen LogP contribution in [0.2, 0.25) is 0 Å². The van der Waals surface area contributed by atoms with E-state index in [4.69, 9.17) is 5.26 Å². The van der Waals surface area contributed by atoms with Crippen molar-refractivity contribution in [3.63, 3.8) is 0 Å². The predicted molar refractivity (Wildman–Crippen MR) is 102 cm³/mol. The number of aromatic nitrogens is 2. The van der Waals surface area contributed by atoms with Gasteiger partial charge in [-0.25, -0.2) is 4.98 Å². The molecule has 26 heavy (non-hydrogen) atoms. The fourth-order valence-corrected chi connectivity index (χ4v) is 3.23. The van der Waals surface area contributed by atoms with E-state index >= 15 is 0 Å². The fraction of sp³-hybridized carbons (Fsp3) is 0. The number of hydrazine groups is 1. The third kappa shape index (κ3) is 3.14. The molecular weight excluding hydrogens is 346 g/mol. The molecule has 0 radical (unpaired) electrons. The standard InChI is InChI=1S/C19H13N5OS/c20-10-12-5-7-13(8-6-12)17-11-26-19(22-17)24-23-18(25)16-9-14-3-1-2-4-15(14)21-16/h1-9,11,21H,(H,22,24)(H,23,25). The number of H-pyrrole nitrogens is 1. The molecule has 2 aromatic heterocycles. The summed E-state index contributed by atoms with van der Waals surface area (Å²) in [6.07, 6.45) is 0. The van der Waals surface area contributed by atoms with Crippen LogP contribution in [0.1, 0.15) is 16.1 Å². The summed E-state index contributed by atoms with van der Waals surface area (Å²) in [5.41, 5.74) is 9.16. The largest absolute Gasteiger partial charge is 0.350 e. The average molecular weight is 359 g/mol. The molecule has 126 valence electrons. The molecule has 3 N–H and O–H groups in total. The lowest BCUT2D eigenvalue weighted by molar-refractivity contribution is 0.0958. The minimum Gasteiger partial charge on any atom is -0.350 e. The molecule has 0 saturated carbocycles. The molecule has 2 heterocycles. The monoisotopic (exact) mass is 359 g/mol. The number of carbonyl (C=O) groups is 1. The van der Waals surface area contributed by atoms with Crippen molar-refractivity contribution >= 4 is 33.3 Å². The number of carbonyl (C=O) groups excluding carboxylic acids is 1. The molecule has 0 saturated heterocycles. The molecule has 0 atom stereocenters. The van der Waals surface area contributed by atoms with Crippen molar-refractivity contribution in [2.45, 2.75) is 0 Å². The molecule has 4 aromatic rings. The van der Waals surface area contributed by atoms with Gasteiger partial charge in [-0.1, -0.05) is 30.3 Å². The minimum atomic E-state index is -0.267. The van der Waals surface area contributed by atoms with Crippen LogP contribution in [0.3, 0.4) is 0 Å². The average Bonchev–Trinajstić information content (AvgIpc) is 3.33. The van der Waals surface area contributed by atoms with Crippen LogP contribution in [0.5, 0.6) is 0 Å². The Morgan fingerprint density at radius 3 is 2.73 bits per heavy atom. The van der Waals surface area contributed by atoms with Crippen LogP contribution < -0.4 is 10.9 Å². The molecule has 0 bridgehead atoms. The van der Waals surface area contributed by atoms with Gasteiger partial charge in [-0.15, -0.1) is 11.3 Å². The van der Waals surface area contributed by atoms with Crippen molar-refractivity contribution in [1.82, 2.24) is 15.4 Å². The van der Waals surface area contributed by atoms with Crippen molar-refractivity contribution in [1.29, 1.82) is 5.26 Å². The van der Waals surface area contributed by atoms with E-state index in [-0.39, 0.29) is 5.91 Å². The van der Waals surface area contributed by atoms with Crippen LogP contribution in [-0.4, -0.2) is 15.9 Å². The quantitative estimate of drug-likeness (QED) is 0.481. The van der Waals surface area contributed by atoms with Gasteiger partial charge < -0.3 is 4.98 Å². The summed E-state index contributed by atoms with van der Waals surface area (Å²) in [6, 6.07) is 18.8. The summed E-state index contributed by atoms with van der Waals surface area (Å²) in [7, 11) is 0. The molecule has 2 aromatic carbocycles. The second-order valence-electron chi connectivity index (χ2n) is 5.58. The van der Waals surface area contributed by atoms with E-state index in [1.807, 2.05) is 41.8 Å². The number of anilines is 1. The first kappa shape index (κ1) is 15.9. The number of nitrogens with one attached hydrogen (secondary N) is 3. The SMILES string of the molecule is N#Cc1ccc(-c2csc(NNC(=O)c3cc4ccccc4[nH]3)n2)cc1. The van der Waals surface area contributed by atoms with Crippen molar-refractivity contribution in [3.8, 4) is 17.3 Å². The van der Waals surface area contributed by atoms with Gasteiger partial charge in [-0.3, -0.25) is 15.6 Å². The highest BCUT2D eigenvalue weighted by molar-refractivity contribution is 7.14. The van der Waals surface area contributed by atoms with Crippen LogP contribution in [0.4, 0.5) is 5.13 Å². The van der Waals surface area contributed by atoms with Crippen molar-refractivity contribution < 1.29 is 4.79 Å². The number of nitriles is 1. The van der Waals surface area contributed by atoms with Crippen molar-refractivity contribution in [3.05, 3.63) is 71.2 Å². The first-order valence-corrected chi connectivity index (χ1v) is 8.71. The number of rotatable bonds is 4. The molecule has 4 rings (SSSR count). The van der Waals surface area contributed by atoms with Crippen molar-refractivity contribution in [2.75, 3.05) is 5.43 Å². The molecule has 0 unspecified atom stereocenters. The Balaban J connectivity index is 1.44. The van der Waals surface area contributed by atoms with E-state index in [9.17, 15) is 4.79 Å². The third-order valence-corrected chi connectivity index (χ3v) is 4.63. The van der Waals surface area contributed by atoms with Crippen LogP contribution in [0.25, 0.3) is 22.2 Å². The van der Waals surface area contributed by atoms with E-state index in [0.29, 0.717) is 16.4 Å². The summed E-state index contributed by atoms with van der Waals surface area (Å²) in [5.74, 6) is -0.267. The van der Waals surface area contributed by atoms with Crippen LogP contribution >= 0.6 is 11.3 Å². The second-order valence-corrected chi connectivity index (χ2v) is 6.43. The minimum absolute atomic E-state index is 0.267. The summed E-state index contributed by atoms with van der Waals surface area (Å²) in [5, 5.41) is 12.3. The van der Waals surface area contributed by atoms with Gasteiger partial charge in [0.15, 0.2) is 0 Å². The van der Waals surface area contributed by atoms with Crippen LogP contribution in [-0.2, 0) is 0 Å². The first-order chi connectivity index (χ1) is 12.7. The lowest BCUT2D eigenvalue weighted by atomic mass is 10.1. The summed E-state index contributed by atoms with van der Waals surface area (Å²) < 4.78 is 0. The van der Waals surface area contributed by atoms with Gasteiger partial charge in [0, 0.05) is 21.8 Å². The maximum absolute atomic E-state index is 12.3. The van der Waals surface area contributed by atoms with Gasteiger partial charge in [0.25, 0.3) is 5.91 Å². The Hall–Kier alpha value is -3.63. The van der Waals surface area contributed by atoms with Crippen molar-refractivity contribution in [2.24, 2.45) is 0 Å². The molecule has 0 spiro atoms. The smallest absolute Gasteiger partial charge is 0.286 e. The lowest BCUT2D eigenvalue weighted by Crippen LogP contribution is -2.29. The number of aromatic amines is 1. The van der Waals surface area contributed by atoms with Gasteiger partial charge in [0.1, 0.15) is 5.69 Å². The number of thiazole rings is 1. The zero-order valence-corrected chi connectivity index (χ0v) is 14.3. The summed E-state index contributed by atoms with van der Waals surface area (Å²) in [6.45, 7) is 0. The number of hydrogen-bond acceptors (Lipinski definition) is 5. The summed E-state index contributed by atoms with van der Waals surface area (Å²) >= 11 is 1.38. The van der Waals surface area contributed by atoms with Gasteiger partial charge >= 0.3 is 0 Å². The third-order valence-electron chi connectivity index (χ3n) is 3.87. The van der Waals surface area contributed by atoms with Gasteiger partial charge in [0.05, 0.1) is 17.3 Å². The highest BCUT2D eigenvalue weighted by atomic mass is 32.1. The molecule has 7 heteroatoms. The topological polar surface area (TPSA) is 93.6 Å². The molecule has 0 aliphatic rings. The van der Waals surface area contributed by atoms with Gasteiger partial charge in [-0.05, 0) is 24.3 Å². The van der Waals surface area contributed by atoms with E-state index in [1.165, 1.54) is 11.3 Å². The maximum Gasteiger partial charge on any atom is 0.286 e. The number of amides is 1. The number of nitrogens with zero attached hydrogens (tertiary/aromatic N) is 2. The van der Waals surface area contributed by atoms with Gasteiger partial charge in [-0.2, -0.15) is 5.26 Å². The molecule has 6 nitrogen and oxygen atoms in total. The van der Waals surface area contributed by atoms with Crippen LogP contribution in [0.15, 0.2) is 60.0 Å². The molecular formula is C19H13N5OS. The Bertz CT molecular complexity index is 1090. The molecule has 1 amide bonds. The highest BCUT2D eigenvalue weighted by Gasteiger charge is 2.10. The molecule has 0 aliphatic heterocycles. The Kier molecular flexibility index (Phi) is 4.09. The van der Waals surface area contributed by atoms with Gasteiger partial charge in [0.2, 0.25) is 5.13 Å². The number of fused-ring (bicyclic) bond motifs is 1.